The zero-order valence-corrected chi connectivity index (χ0v) is 12.0. The molecule has 7 heteroatoms. The first-order valence-electron chi connectivity index (χ1n) is 6.87. The van der Waals surface area contributed by atoms with Gasteiger partial charge >= 0.3 is 5.97 Å². The molecule has 0 radical (unpaired) electrons. The van der Waals surface area contributed by atoms with Gasteiger partial charge in [-0.2, -0.15) is 5.10 Å². The minimum atomic E-state index is -0.977. The lowest BCUT2D eigenvalue weighted by Crippen LogP contribution is -2.27. The molecule has 6 nitrogen and oxygen atoms in total. The van der Waals surface area contributed by atoms with Crippen molar-refractivity contribution in [2.24, 2.45) is 5.10 Å². The molecule has 1 amide bonds. The molecule has 0 spiro atoms. The molecule has 2 rings (SSSR count). The third-order valence-electron chi connectivity index (χ3n) is 3.23. The number of allylic oxidation sites excluding steroid dienone is 2. The van der Waals surface area contributed by atoms with Crippen molar-refractivity contribution in [2.75, 3.05) is 0 Å². The van der Waals surface area contributed by atoms with E-state index in [1.54, 1.807) is 0 Å². The Hall–Kier alpha value is -1.50. The summed E-state index contributed by atoms with van der Waals surface area (Å²) in [6, 6.07) is 0. The Morgan fingerprint density at radius 3 is 3.05 bits per heavy atom. The maximum Gasteiger partial charge on any atom is 0.305 e. The summed E-state index contributed by atoms with van der Waals surface area (Å²) in [5.41, 5.74) is 4.07. The molecule has 0 saturated carbocycles. The predicted molar refractivity (Wildman–Crippen MR) is 78.1 cm³/mol. The average molecular weight is 297 g/mol. The van der Waals surface area contributed by atoms with Crippen molar-refractivity contribution < 1.29 is 14.7 Å². The summed E-state index contributed by atoms with van der Waals surface area (Å²) >= 11 is 1.16. The third kappa shape index (κ3) is 4.56. The number of nitrogens with zero attached hydrogens (tertiary/aromatic N) is 1. The lowest BCUT2D eigenvalue weighted by molar-refractivity contribution is -0.138. The number of carboxylic acids is 1. The van der Waals surface area contributed by atoms with E-state index in [4.69, 9.17) is 5.11 Å². The number of nitrogens with one attached hydrogen (secondary N) is 2. The number of amidine groups is 1. The van der Waals surface area contributed by atoms with Crippen LogP contribution >= 0.6 is 11.8 Å². The van der Waals surface area contributed by atoms with E-state index in [0.29, 0.717) is 5.17 Å². The summed E-state index contributed by atoms with van der Waals surface area (Å²) in [6.45, 7) is 0. The first kappa shape index (κ1) is 14.9. The van der Waals surface area contributed by atoms with Crippen LogP contribution in [0.2, 0.25) is 0 Å². The van der Waals surface area contributed by atoms with Crippen molar-refractivity contribution >= 4 is 28.8 Å². The first-order valence-corrected chi connectivity index (χ1v) is 7.75. The van der Waals surface area contributed by atoms with Crippen molar-refractivity contribution in [1.29, 1.82) is 0 Å². The number of hydrogen-bond donors (Lipinski definition) is 3. The summed E-state index contributed by atoms with van der Waals surface area (Å²) < 4.78 is 0. The van der Waals surface area contributed by atoms with Crippen LogP contribution in [0, 0.1) is 0 Å². The minimum absolute atomic E-state index is 0.182. The molecule has 1 atom stereocenters. The number of carboxylic acid groups (broad SMARTS) is 1. The normalized spacial score (nSPS) is 25.6. The SMILES string of the molecule is O=C(O)CC1S/C(=N\NC2=CCCCCCC2)NC1=O. The number of rotatable bonds is 4. The van der Waals surface area contributed by atoms with Crippen molar-refractivity contribution in [2.45, 2.75) is 50.2 Å². The summed E-state index contributed by atoms with van der Waals surface area (Å²) in [5, 5.41) is 15.3. The highest BCUT2D eigenvalue weighted by atomic mass is 32.2. The number of carbonyl (C=O) groups excluding carboxylic acids is 1. The molecular formula is C13H19N3O3S. The molecule has 1 saturated heterocycles. The van der Waals surface area contributed by atoms with E-state index in [1.807, 2.05) is 0 Å². The van der Waals surface area contributed by atoms with Gasteiger partial charge in [0.1, 0.15) is 5.25 Å². The number of hydrogen-bond acceptors (Lipinski definition) is 5. The zero-order chi connectivity index (χ0) is 14.4. The second-order valence-corrected chi connectivity index (χ2v) is 6.10. The van der Waals surface area contributed by atoms with Crippen molar-refractivity contribution in [3.8, 4) is 0 Å². The second-order valence-electron chi connectivity index (χ2n) is 4.90. The van der Waals surface area contributed by atoms with Crippen LogP contribution in [0.4, 0.5) is 0 Å². The lowest BCUT2D eigenvalue weighted by Gasteiger charge is -2.10. The number of amides is 1. The Balaban J connectivity index is 1.88. The smallest absolute Gasteiger partial charge is 0.305 e. The topological polar surface area (TPSA) is 90.8 Å². The van der Waals surface area contributed by atoms with Crippen LogP contribution in [-0.4, -0.2) is 27.4 Å². The largest absolute Gasteiger partial charge is 0.481 e. The Morgan fingerprint density at radius 2 is 2.25 bits per heavy atom. The maximum absolute atomic E-state index is 11.6. The molecule has 1 aliphatic heterocycles. The van der Waals surface area contributed by atoms with Gasteiger partial charge in [0.05, 0.1) is 6.42 Å². The van der Waals surface area contributed by atoms with Gasteiger partial charge in [-0.1, -0.05) is 30.7 Å². The molecule has 0 aromatic heterocycles. The van der Waals surface area contributed by atoms with Gasteiger partial charge in [0.25, 0.3) is 0 Å². The van der Waals surface area contributed by atoms with Gasteiger partial charge in [0, 0.05) is 5.70 Å². The van der Waals surface area contributed by atoms with Crippen LogP contribution in [0.1, 0.15) is 44.9 Å². The highest BCUT2D eigenvalue weighted by Gasteiger charge is 2.32. The van der Waals surface area contributed by atoms with E-state index in [2.05, 4.69) is 21.9 Å². The molecule has 0 bridgehead atoms. The van der Waals surface area contributed by atoms with Crippen LogP contribution in [0.5, 0.6) is 0 Å². The molecule has 110 valence electrons. The summed E-state index contributed by atoms with van der Waals surface area (Å²) in [5.74, 6) is -1.26. The van der Waals surface area contributed by atoms with E-state index < -0.39 is 11.2 Å². The highest BCUT2D eigenvalue weighted by Crippen LogP contribution is 2.22. The fourth-order valence-electron chi connectivity index (χ4n) is 2.17. The second kappa shape index (κ2) is 7.33. The van der Waals surface area contributed by atoms with Gasteiger partial charge in [0.2, 0.25) is 5.91 Å². The molecular weight excluding hydrogens is 278 g/mol. The maximum atomic E-state index is 11.6. The van der Waals surface area contributed by atoms with Crippen molar-refractivity contribution in [3.63, 3.8) is 0 Å². The van der Waals surface area contributed by atoms with E-state index in [-0.39, 0.29) is 12.3 Å². The van der Waals surface area contributed by atoms with Crippen LogP contribution in [-0.2, 0) is 9.59 Å². The van der Waals surface area contributed by atoms with Crippen LogP contribution in [0.25, 0.3) is 0 Å². The lowest BCUT2D eigenvalue weighted by atomic mass is 10.0. The number of carbonyl (C=O) groups is 2. The summed E-state index contributed by atoms with van der Waals surface area (Å²) in [6.07, 6.45) is 8.85. The Labute approximate surface area is 122 Å². The van der Waals surface area contributed by atoms with Crippen LogP contribution in [0.3, 0.4) is 0 Å². The quantitative estimate of drug-likeness (QED) is 0.688. The number of aliphatic carboxylic acids is 1. The summed E-state index contributed by atoms with van der Waals surface area (Å²) in [4.78, 5) is 22.2. The van der Waals surface area contributed by atoms with Gasteiger partial charge in [0.15, 0.2) is 5.17 Å². The molecule has 1 aliphatic carbocycles. The minimum Gasteiger partial charge on any atom is -0.481 e. The zero-order valence-electron chi connectivity index (χ0n) is 11.2. The fraction of sp³-hybridized carbons (Fsp3) is 0.615. The molecule has 2 aliphatic rings. The van der Waals surface area contributed by atoms with Crippen LogP contribution < -0.4 is 10.7 Å². The third-order valence-corrected chi connectivity index (χ3v) is 4.31. The molecule has 3 N–H and O–H groups in total. The van der Waals surface area contributed by atoms with E-state index in [0.717, 1.165) is 36.7 Å². The van der Waals surface area contributed by atoms with Gasteiger partial charge in [-0.05, 0) is 25.7 Å². The number of thioether (sulfide) groups is 1. The van der Waals surface area contributed by atoms with Gasteiger partial charge in [-0.15, -0.1) is 0 Å². The van der Waals surface area contributed by atoms with Gasteiger partial charge in [-0.25, -0.2) is 0 Å². The van der Waals surface area contributed by atoms with E-state index in [9.17, 15) is 9.59 Å². The van der Waals surface area contributed by atoms with Crippen molar-refractivity contribution in [1.82, 2.24) is 10.7 Å². The molecule has 1 heterocycles. The van der Waals surface area contributed by atoms with E-state index in [1.165, 1.54) is 19.3 Å². The standard InChI is InChI=1S/C13H19N3O3S/c17-11(18)8-10-12(19)14-13(20-10)16-15-9-6-4-2-1-3-5-7-9/h6,10,15H,1-5,7-8H2,(H,17,18)(H,14,16,19). The summed E-state index contributed by atoms with van der Waals surface area (Å²) in [7, 11) is 0. The Bertz CT molecular complexity index is 448. The average Bonchev–Trinajstić information content (AvgIpc) is 2.68. The predicted octanol–water partition coefficient (Wildman–Crippen LogP) is 1.79. The van der Waals surface area contributed by atoms with Crippen LogP contribution in [0.15, 0.2) is 16.9 Å². The van der Waals surface area contributed by atoms with Crippen molar-refractivity contribution in [3.05, 3.63) is 11.8 Å². The Kier molecular flexibility index (Phi) is 5.46. The van der Waals surface area contributed by atoms with Gasteiger partial charge in [-0.3, -0.25) is 15.0 Å². The molecule has 1 unspecified atom stereocenters. The molecule has 20 heavy (non-hydrogen) atoms. The molecule has 1 fully saturated rings. The fourth-order valence-corrected chi connectivity index (χ4v) is 3.09. The first-order chi connectivity index (χ1) is 9.65. The van der Waals surface area contributed by atoms with Gasteiger partial charge < -0.3 is 10.4 Å². The van der Waals surface area contributed by atoms with E-state index >= 15 is 0 Å². The highest BCUT2D eigenvalue weighted by molar-refractivity contribution is 8.15. The monoisotopic (exact) mass is 297 g/mol. The molecule has 0 aromatic rings. The number of hydrazone groups is 1. The Morgan fingerprint density at radius 1 is 1.45 bits per heavy atom. The molecule has 0 aromatic carbocycles.